The summed E-state index contributed by atoms with van der Waals surface area (Å²) in [7, 11) is 0. The van der Waals surface area contributed by atoms with Gasteiger partial charge in [0.2, 0.25) is 0 Å². The molecule has 1 aromatic carbocycles. The molecule has 1 amide bonds. The van der Waals surface area contributed by atoms with Crippen molar-refractivity contribution in [3.8, 4) is 0 Å². The van der Waals surface area contributed by atoms with Gasteiger partial charge in [0.15, 0.2) is 5.69 Å². The van der Waals surface area contributed by atoms with Crippen LogP contribution >= 0.6 is 15.9 Å². The first kappa shape index (κ1) is 15.3. The number of benzene rings is 1. The molecule has 0 spiro atoms. The van der Waals surface area contributed by atoms with Crippen LogP contribution < -0.4 is 0 Å². The minimum absolute atomic E-state index is 0.128. The van der Waals surface area contributed by atoms with E-state index in [1.165, 1.54) is 12.1 Å². The maximum Gasteiger partial charge on any atom is 0.274 e. The van der Waals surface area contributed by atoms with E-state index in [0.29, 0.717) is 12.2 Å². The molecule has 3 heterocycles. The van der Waals surface area contributed by atoms with E-state index in [2.05, 4.69) is 21.0 Å². The quantitative estimate of drug-likeness (QED) is 0.632. The lowest BCUT2D eigenvalue weighted by molar-refractivity contribution is 0.0671. The van der Waals surface area contributed by atoms with E-state index in [-0.39, 0.29) is 17.8 Å². The second-order valence-corrected chi connectivity index (χ2v) is 6.93. The van der Waals surface area contributed by atoms with Crippen LogP contribution in [0.1, 0.15) is 34.6 Å². The Balaban J connectivity index is 1.68. The van der Waals surface area contributed by atoms with Crippen LogP contribution in [-0.2, 0) is 6.42 Å². The van der Waals surface area contributed by atoms with E-state index in [1.807, 2.05) is 31.3 Å². The number of rotatable bonds is 1. The molecule has 0 saturated carbocycles. The Morgan fingerprint density at radius 3 is 2.96 bits per heavy atom. The van der Waals surface area contributed by atoms with Crippen molar-refractivity contribution in [3.63, 3.8) is 0 Å². The number of aromatic nitrogens is 2. The molecule has 2 aromatic heterocycles. The van der Waals surface area contributed by atoms with Crippen molar-refractivity contribution in [1.29, 1.82) is 0 Å². The number of amides is 1. The van der Waals surface area contributed by atoms with Crippen LogP contribution in [0.4, 0.5) is 4.39 Å². The van der Waals surface area contributed by atoms with Gasteiger partial charge in [-0.25, -0.2) is 8.91 Å². The molecular formula is C18H15BrFN3O. The van der Waals surface area contributed by atoms with E-state index >= 15 is 0 Å². The molecule has 1 aliphatic heterocycles. The van der Waals surface area contributed by atoms with Crippen LogP contribution in [0.2, 0.25) is 0 Å². The summed E-state index contributed by atoms with van der Waals surface area (Å²) in [6.07, 6.45) is 2.54. The third kappa shape index (κ3) is 2.51. The lowest BCUT2D eigenvalue weighted by Gasteiger charge is -2.34. The smallest absolute Gasteiger partial charge is 0.274 e. The van der Waals surface area contributed by atoms with Gasteiger partial charge in [-0.3, -0.25) is 4.79 Å². The van der Waals surface area contributed by atoms with E-state index in [1.54, 1.807) is 15.5 Å². The number of carbonyl (C=O) groups excluding carboxylic acids is 1. The lowest BCUT2D eigenvalue weighted by Crippen LogP contribution is -2.39. The zero-order valence-corrected chi connectivity index (χ0v) is 14.6. The van der Waals surface area contributed by atoms with Crippen molar-refractivity contribution in [3.05, 3.63) is 69.7 Å². The summed E-state index contributed by atoms with van der Waals surface area (Å²) < 4.78 is 16.1. The van der Waals surface area contributed by atoms with Gasteiger partial charge in [0.25, 0.3) is 5.91 Å². The third-order valence-corrected chi connectivity index (χ3v) is 5.02. The van der Waals surface area contributed by atoms with Gasteiger partial charge in [-0.15, -0.1) is 0 Å². The summed E-state index contributed by atoms with van der Waals surface area (Å²) in [5, 5.41) is 4.38. The highest BCUT2D eigenvalue weighted by Crippen LogP contribution is 2.31. The van der Waals surface area contributed by atoms with Gasteiger partial charge in [-0.05, 0) is 70.7 Å². The molecule has 0 fully saturated rings. The minimum atomic E-state index is -0.271. The molecule has 0 N–H and O–H groups in total. The highest BCUT2D eigenvalue weighted by atomic mass is 79.9. The molecule has 0 bridgehead atoms. The Morgan fingerprint density at radius 2 is 2.12 bits per heavy atom. The first-order valence-corrected chi connectivity index (χ1v) is 8.56. The second-order valence-electron chi connectivity index (χ2n) is 6.01. The molecule has 3 aromatic rings. The molecule has 0 aliphatic carbocycles. The standard InChI is InChI=1S/C18H15BrFN3O/c1-11-16-8-14(20)4-2-12(16)6-7-22(11)18(24)17-9-15-5-3-13(19)10-23(15)21-17/h2-5,8-11H,6-7H2,1H3/t11-/m1/s1. The van der Waals surface area contributed by atoms with Crippen LogP contribution in [0, 0.1) is 5.82 Å². The van der Waals surface area contributed by atoms with Crippen LogP contribution in [0.25, 0.3) is 5.52 Å². The second kappa shape index (κ2) is 5.70. The van der Waals surface area contributed by atoms with E-state index in [9.17, 15) is 9.18 Å². The van der Waals surface area contributed by atoms with Gasteiger partial charge in [0.05, 0.1) is 11.6 Å². The molecule has 24 heavy (non-hydrogen) atoms. The fourth-order valence-electron chi connectivity index (χ4n) is 3.28. The molecule has 0 saturated heterocycles. The van der Waals surface area contributed by atoms with E-state index in [4.69, 9.17) is 0 Å². The fraction of sp³-hybridized carbons (Fsp3) is 0.222. The number of carbonyl (C=O) groups is 1. The van der Waals surface area contributed by atoms with Gasteiger partial charge in [-0.1, -0.05) is 6.07 Å². The molecule has 0 radical (unpaired) electrons. The molecule has 1 atom stereocenters. The predicted molar refractivity (Wildman–Crippen MR) is 92.4 cm³/mol. The van der Waals surface area contributed by atoms with Crippen molar-refractivity contribution in [2.75, 3.05) is 6.54 Å². The maximum absolute atomic E-state index is 13.6. The number of pyridine rings is 1. The fourth-order valence-corrected chi connectivity index (χ4v) is 3.60. The number of halogens is 2. The van der Waals surface area contributed by atoms with Gasteiger partial charge < -0.3 is 4.90 Å². The van der Waals surface area contributed by atoms with E-state index in [0.717, 1.165) is 27.5 Å². The molecular weight excluding hydrogens is 373 g/mol. The van der Waals surface area contributed by atoms with Crippen LogP contribution in [-0.4, -0.2) is 27.0 Å². The maximum atomic E-state index is 13.6. The Bertz CT molecular complexity index is 953. The van der Waals surface area contributed by atoms with Gasteiger partial charge in [-0.2, -0.15) is 5.10 Å². The predicted octanol–water partition coefficient (Wildman–Crippen LogP) is 4.00. The van der Waals surface area contributed by atoms with Gasteiger partial charge >= 0.3 is 0 Å². The zero-order chi connectivity index (χ0) is 16.8. The minimum Gasteiger partial charge on any atom is -0.330 e. The van der Waals surface area contributed by atoms with Crippen molar-refractivity contribution in [1.82, 2.24) is 14.5 Å². The normalized spacial score (nSPS) is 17.1. The summed E-state index contributed by atoms with van der Waals surface area (Å²) in [4.78, 5) is 14.7. The molecule has 1 aliphatic rings. The zero-order valence-electron chi connectivity index (χ0n) is 13.0. The first-order valence-electron chi connectivity index (χ1n) is 7.77. The number of hydrogen-bond acceptors (Lipinski definition) is 2. The van der Waals surface area contributed by atoms with Crippen LogP contribution in [0.15, 0.2) is 47.1 Å². The van der Waals surface area contributed by atoms with Crippen molar-refractivity contribution in [2.24, 2.45) is 0 Å². The lowest BCUT2D eigenvalue weighted by atomic mass is 9.93. The molecule has 4 nitrogen and oxygen atoms in total. The Morgan fingerprint density at radius 1 is 1.29 bits per heavy atom. The van der Waals surface area contributed by atoms with Crippen molar-refractivity contribution in [2.45, 2.75) is 19.4 Å². The summed E-state index contributed by atoms with van der Waals surface area (Å²) in [5.41, 5.74) is 3.24. The third-order valence-electron chi connectivity index (χ3n) is 4.55. The summed E-state index contributed by atoms with van der Waals surface area (Å²) in [6.45, 7) is 2.54. The Labute approximate surface area is 147 Å². The number of fused-ring (bicyclic) bond motifs is 2. The average Bonchev–Trinajstić information content (AvgIpc) is 2.98. The van der Waals surface area contributed by atoms with Crippen molar-refractivity contribution >= 4 is 27.4 Å². The molecule has 4 rings (SSSR count). The van der Waals surface area contributed by atoms with Crippen LogP contribution in [0.5, 0.6) is 0 Å². The Hall–Kier alpha value is -2.21. The topological polar surface area (TPSA) is 37.6 Å². The largest absolute Gasteiger partial charge is 0.330 e. The van der Waals surface area contributed by atoms with Crippen molar-refractivity contribution < 1.29 is 9.18 Å². The van der Waals surface area contributed by atoms with Crippen LogP contribution in [0.3, 0.4) is 0 Å². The molecule has 122 valence electrons. The number of nitrogens with zero attached hydrogens (tertiary/aromatic N) is 3. The monoisotopic (exact) mass is 387 g/mol. The summed E-state index contributed by atoms with van der Waals surface area (Å²) >= 11 is 3.40. The SMILES string of the molecule is C[C@@H]1c2cc(F)ccc2CCN1C(=O)c1cc2ccc(Br)cn2n1. The first-order chi connectivity index (χ1) is 11.5. The highest BCUT2D eigenvalue weighted by Gasteiger charge is 2.29. The molecule has 0 unspecified atom stereocenters. The highest BCUT2D eigenvalue weighted by molar-refractivity contribution is 9.10. The number of hydrogen-bond donors (Lipinski definition) is 0. The van der Waals surface area contributed by atoms with Gasteiger partial charge in [0, 0.05) is 17.2 Å². The Kier molecular flexibility index (Phi) is 3.64. The summed E-state index contributed by atoms with van der Waals surface area (Å²) in [6, 6.07) is 10.2. The molecule has 6 heteroatoms. The average molecular weight is 388 g/mol. The summed E-state index contributed by atoms with van der Waals surface area (Å²) in [5.74, 6) is -0.398. The van der Waals surface area contributed by atoms with Gasteiger partial charge in [0.1, 0.15) is 5.82 Å². The van der Waals surface area contributed by atoms with E-state index < -0.39 is 0 Å².